The smallest absolute Gasteiger partial charge is 0.243 e. The van der Waals surface area contributed by atoms with Crippen LogP contribution in [0, 0.1) is 0 Å². The van der Waals surface area contributed by atoms with Crippen molar-refractivity contribution in [1.29, 1.82) is 0 Å². The first-order valence-corrected chi connectivity index (χ1v) is 10.5. The van der Waals surface area contributed by atoms with E-state index in [1.165, 1.54) is 6.92 Å². The van der Waals surface area contributed by atoms with Gasteiger partial charge in [0.2, 0.25) is 15.9 Å². The Labute approximate surface area is 148 Å². The summed E-state index contributed by atoms with van der Waals surface area (Å²) in [5.41, 5.74) is 1.77. The normalized spacial score (nSPS) is 27.0. The van der Waals surface area contributed by atoms with Crippen molar-refractivity contribution in [2.24, 2.45) is 0 Å². The fraction of sp³-hybridized carbons (Fsp3) is 0.611. The van der Waals surface area contributed by atoms with Gasteiger partial charge in [-0.25, -0.2) is 8.42 Å². The van der Waals surface area contributed by atoms with Gasteiger partial charge >= 0.3 is 0 Å². The molecule has 0 bridgehead atoms. The molecule has 0 N–H and O–H groups in total. The number of carbonyl (C=O) groups is 1. The maximum Gasteiger partial charge on any atom is 0.243 e. The summed E-state index contributed by atoms with van der Waals surface area (Å²) in [6, 6.07) is 5.12. The third-order valence-corrected chi connectivity index (χ3v) is 7.53. The van der Waals surface area contributed by atoms with Crippen LogP contribution >= 0.6 is 0 Å². The Morgan fingerprint density at radius 1 is 1.20 bits per heavy atom. The Bertz CT molecular complexity index is 790. The van der Waals surface area contributed by atoms with E-state index in [0.717, 1.165) is 36.9 Å². The second kappa shape index (κ2) is 6.37. The number of fused-ring (bicyclic) bond motifs is 2. The molecule has 1 amide bonds. The van der Waals surface area contributed by atoms with Crippen LogP contribution in [0.2, 0.25) is 0 Å². The summed E-state index contributed by atoms with van der Waals surface area (Å²) in [5, 5.41) is 0. The Morgan fingerprint density at radius 3 is 2.80 bits per heavy atom. The molecule has 136 valence electrons. The van der Waals surface area contributed by atoms with Crippen molar-refractivity contribution in [1.82, 2.24) is 4.31 Å². The van der Waals surface area contributed by atoms with Crippen LogP contribution in [-0.2, 0) is 26.0 Å². The summed E-state index contributed by atoms with van der Waals surface area (Å²) in [7, 11) is -3.54. The molecule has 1 aromatic rings. The highest BCUT2D eigenvalue weighted by Gasteiger charge is 2.41. The third-order valence-electron chi connectivity index (χ3n) is 5.61. The van der Waals surface area contributed by atoms with Crippen LogP contribution in [0.1, 0.15) is 38.2 Å². The molecule has 2 atom stereocenters. The zero-order valence-electron chi connectivity index (χ0n) is 14.5. The number of anilines is 1. The number of benzene rings is 1. The van der Waals surface area contributed by atoms with E-state index in [1.54, 1.807) is 27.4 Å². The maximum absolute atomic E-state index is 13.2. The van der Waals surface area contributed by atoms with Crippen molar-refractivity contribution >= 4 is 21.6 Å². The predicted molar refractivity (Wildman–Crippen MR) is 94.1 cm³/mol. The molecule has 3 aliphatic rings. The average molecular weight is 364 g/mol. The first-order valence-electron chi connectivity index (χ1n) is 9.03. The van der Waals surface area contributed by atoms with Crippen LogP contribution in [0.25, 0.3) is 0 Å². The summed E-state index contributed by atoms with van der Waals surface area (Å²) in [6.07, 6.45) is 4.69. The lowest BCUT2D eigenvalue weighted by molar-refractivity contribution is -0.116. The minimum Gasteiger partial charge on any atom is -0.375 e. The van der Waals surface area contributed by atoms with Crippen molar-refractivity contribution in [2.75, 3.05) is 24.6 Å². The van der Waals surface area contributed by atoms with Crippen molar-refractivity contribution in [3.8, 4) is 0 Å². The zero-order chi connectivity index (χ0) is 17.6. The molecule has 0 spiro atoms. The van der Waals surface area contributed by atoms with Crippen molar-refractivity contribution in [3.05, 3.63) is 23.8 Å². The molecule has 0 radical (unpaired) electrons. The van der Waals surface area contributed by atoms with E-state index in [1.807, 2.05) is 0 Å². The molecule has 2 fully saturated rings. The number of ether oxygens (including phenoxy) is 1. The predicted octanol–water partition coefficient (Wildman–Crippen LogP) is 1.93. The van der Waals surface area contributed by atoms with Crippen LogP contribution in [0.5, 0.6) is 0 Å². The van der Waals surface area contributed by atoms with Gasteiger partial charge in [-0.1, -0.05) is 12.8 Å². The molecular weight excluding hydrogens is 340 g/mol. The molecule has 1 aliphatic carbocycles. The first kappa shape index (κ1) is 17.0. The van der Waals surface area contributed by atoms with E-state index < -0.39 is 10.0 Å². The summed E-state index contributed by atoms with van der Waals surface area (Å²) in [4.78, 5) is 13.7. The van der Waals surface area contributed by atoms with Crippen molar-refractivity contribution in [2.45, 2.75) is 56.1 Å². The minimum atomic E-state index is -3.54. The minimum absolute atomic E-state index is 0.00687. The molecule has 1 aromatic carbocycles. The quantitative estimate of drug-likeness (QED) is 0.804. The van der Waals surface area contributed by atoms with E-state index in [-0.39, 0.29) is 18.1 Å². The number of morpholine rings is 1. The fourth-order valence-corrected chi connectivity index (χ4v) is 6.08. The van der Waals surface area contributed by atoms with Gasteiger partial charge in [0.1, 0.15) is 0 Å². The highest BCUT2D eigenvalue weighted by Crippen LogP contribution is 2.35. The fourth-order valence-electron chi connectivity index (χ4n) is 4.36. The molecule has 0 aromatic heterocycles. The van der Waals surface area contributed by atoms with E-state index in [2.05, 4.69) is 0 Å². The van der Waals surface area contributed by atoms with Gasteiger partial charge in [0.25, 0.3) is 0 Å². The zero-order valence-corrected chi connectivity index (χ0v) is 15.3. The SMILES string of the molecule is CC(=O)N1CCc2cc(S(=O)(=O)N3CCOC4CCCCC43)ccc21. The van der Waals surface area contributed by atoms with Crippen LogP contribution in [0.15, 0.2) is 23.1 Å². The second-order valence-electron chi connectivity index (χ2n) is 7.09. The Hall–Kier alpha value is -1.44. The molecule has 25 heavy (non-hydrogen) atoms. The molecule has 2 heterocycles. The van der Waals surface area contributed by atoms with Gasteiger partial charge in [-0.3, -0.25) is 4.79 Å². The third kappa shape index (κ3) is 2.88. The molecule has 4 rings (SSSR count). The molecule has 6 nitrogen and oxygen atoms in total. The summed E-state index contributed by atoms with van der Waals surface area (Å²) < 4.78 is 34.0. The van der Waals surface area contributed by atoms with Crippen molar-refractivity contribution in [3.63, 3.8) is 0 Å². The number of hydrogen-bond acceptors (Lipinski definition) is 4. The van der Waals surface area contributed by atoms with Gasteiger partial charge < -0.3 is 9.64 Å². The lowest BCUT2D eigenvalue weighted by atomic mass is 9.91. The summed E-state index contributed by atoms with van der Waals surface area (Å²) >= 11 is 0. The Kier molecular flexibility index (Phi) is 4.33. The van der Waals surface area contributed by atoms with Crippen LogP contribution < -0.4 is 4.90 Å². The van der Waals surface area contributed by atoms with E-state index in [4.69, 9.17) is 4.74 Å². The number of sulfonamides is 1. The lowest BCUT2D eigenvalue weighted by Crippen LogP contribution is -2.54. The molecule has 1 saturated heterocycles. The van der Waals surface area contributed by atoms with Gasteiger partial charge in [-0.2, -0.15) is 4.31 Å². The number of amides is 1. The maximum atomic E-state index is 13.2. The molecule has 2 unspecified atom stereocenters. The van der Waals surface area contributed by atoms with Gasteiger partial charge in [-0.05, 0) is 43.0 Å². The largest absolute Gasteiger partial charge is 0.375 e. The lowest BCUT2D eigenvalue weighted by Gasteiger charge is -2.42. The summed E-state index contributed by atoms with van der Waals surface area (Å²) in [6.45, 7) is 3.04. The molecular formula is C18H24N2O4S. The highest BCUT2D eigenvalue weighted by molar-refractivity contribution is 7.89. The van der Waals surface area contributed by atoms with Gasteiger partial charge in [-0.15, -0.1) is 0 Å². The topological polar surface area (TPSA) is 66.9 Å². The van der Waals surface area contributed by atoms with Crippen LogP contribution in [0.3, 0.4) is 0 Å². The standard InChI is InChI=1S/C18H24N2O4S/c1-13(21)19-9-8-14-12-15(6-7-16(14)19)25(22,23)20-10-11-24-18-5-3-2-4-17(18)20/h6-7,12,17-18H,2-5,8-11H2,1H3. The number of hydrogen-bond donors (Lipinski definition) is 0. The average Bonchev–Trinajstić information content (AvgIpc) is 3.04. The number of rotatable bonds is 2. The highest BCUT2D eigenvalue weighted by atomic mass is 32.2. The first-order chi connectivity index (χ1) is 12.0. The second-order valence-corrected chi connectivity index (χ2v) is 8.98. The van der Waals surface area contributed by atoms with Gasteiger partial charge in [0, 0.05) is 25.7 Å². The Balaban J connectivity index is 1.65. The van der Waals surface area contributed by atoms with Crippen molar-refractivity contribution < 1.29 is 17.9 Å². The summed E-state index contributed by atoms with van der Waals surface area (Å²) in [5.74, 6) is -0.00687. The number of nitrogens with zero attached hydrogens (tertiary/aromatic N) is 2. The monoisotopic (exact) mass is 364 g/mol. The van der Waals surface area contributed by atoms with E-state index in [0.29, 0.717) is 31.0 Å². The van der Waals surface area contributed by atoms with Crippen LogP contribution in [0.4, 0.5) is 5.69 Å². The molecule has 1 saturated carbocycles. The van der Waals surface area contributed by atoms with Crippen LogP contribution in [-0.4, -0.2) is 50.5 Å². The molecule has 7 heteroatoms. The molecule has 2 aliphatic heterocycles. The Morgan fingerprint density at radius 2 is 2.00 bits per heavy atom. The van der Waals surface area contributed by atoms with Gasteiger partial charge in [0.15, 0.2) is 0 Å². The van der Waals surface area contributed by atoms with E-state index >= 15 is 0 Å². The van der Waals surface area contributed by atoms with E-state index in [9.17, 15) is 13.2 Å². The van der Waals surface area contributed by atoms with Gasteiger partial charge in [0.05, 0.1) is 23.6 Å². The number of carbonyl (C=O) groups excluding carboxylic acids is 1.